The van der Waals surface area contributed by atoms with Crippen LogP contribution in [0.2, 0.25) is 0 Å². The van der Waals surface area contributed by atoms with Crippen molar-refractivity contribution in [1.29, 1.82) is 0 Å². The van der Waals surface area contributed by atoms with Crippen LogP contribution in [-0.2, 0) is 65.4 Å². The van der Waals surface area contributed by atoms with Gasteiger partial charge in [-0.15, -0.1) is 0 Å². The van der Waals surface area contributed by atoms with E-state index < -0.39 is 97.5 Å². The Kier molecular flexibility index (Phi) is 72.5. The molecule has 618 valence electrons. The second-order valence-corrected chi connectivity index (χ2v) is 35.2. The summed E-state index contributed by atoms with van der Waals surface area (Å²) in [6, 6.07) is 0. The summed E-state index contributed by atoms with van der Waals surface area (Å²) < 4.78 is 68.8. The number of hydrogen-bond donors (Lipinski definition) is 3. The molecule has 0 radical (unpaired) electrons. The van der Waals surface area contributed by atoms with E-state index in [2.05, 4.69) is 55.4 Å². The number of esters is 4. The Morgan fingerprint density at radius 1 is 0.269 bits per heavy atom. The highest BCUT2D eigenvalue weighted by atomic mass is 31.2. The summed E-state index contributed by atoms with van der Waals surface area (Å²) >= 11 is 0. The van der Waals surface area contributed by atoms with E-state index in [1.54, 1.807) is 0 Å². The zero-order valence-corrected chi connectivity index (χ0v) is 70.5. The monoisotopic (exact) mass is 1520 g/mol. The van der Waals surface area contributed by atoms with Crippen molar-refractivity contribution in [3.8, 4) is 0 Å². The summed E-state index contributed by atoms with van der Waals surface area (Å²) in [5.74, 6) is 1.02. The Bertz CT molecular complexity index is 2030. The van der Waals surface area contributed by atoms with Gasteiger partial charge in [0.2, 0.25) is 0 Å². The summed E-state index contributed by atoms with van der Waals surface area (Å²) in [5, 5.41) is 10.7. The number of phosphoric acid groups is 2. The van der Waals surface area contributed by atoms with Crippen LogP contribution in [0.3, 0.4) is 0 Å². The SMILES string of the molecule is CCC(C)CCCCCCCCCCCCCCCCCCCCC(=O)OC[C@H](COP(=O)(O)OC[C@@H](O)COP(=O)(O)OC[C@@H](COC(=O)CCCCCCCCC(C)C)OC(=O)CCCCCCCCCCCCCC(C)C)OC(=O)CCCCCCCCCCCCCCCCCCC(C)C. The van der Waals surface area contributed by atoms with Crippen molar-refractivity contribution >= 4 is 39.5 Å². The van der Waals surface area contributed by atoms with E-state index in [-0.39, 0.29) is 25.7 Å². The molecule has 17 nitrogen and oxygen atoms in total. The molecule has 0 aromatic carbocycles. The van der Waals surface area contributed by atoms with Crippen LogP contribution in [0.1, 0.15) is 441 Å². The van der Waals surface area contributed by atoms with Gasteiger partial charge in [-0.25, -0.2) is 9.13 Å². The van der Waals surface area contributed by atoms with Crippen molar-refractivity contribution < 1.29 is 80.2 Å². The van der Waals surface area contributed by atoms with Crippen molar-refractivity contribution in [3.63, 3.8) is 0 Å². The van der Waals surface area contributed by atoms with E-state index in [9.17, 15) is 43.2 Å². The molecule has 3 N–H and O–H groups in total. The van der Waals surface area contributed by atoms with Crippen molar-refractivity contribution in [2.24, 2.45) is 23.7 Å². The average Bonchev–Trinajstić information content (AvgIpc) is 0.905. The van der Waals surface area contributed by atoms with Crippen molar-refractivity contribution in [1.82, 2.24) is 0 Å². The van der Waals surface area contributed by atoms with Crippen LogP contribution < -0.4 is 0 Å². The first-order valence-electron chi connectivity index (χ1n) is 43.7. The van der Waals surface area contributed by atoms with Gasteiger partial charge < -0.3 is 33.8 Å². The molecule has 0 aromatic rings. The topological polar surface area (TPSA) is 237 Å². The quantitative estimate of drug-likeness (QED) is 0.0222. The van der Waals surface area contributed by atoms with E-state index in [0.717, 1.165) is 114 Å². The molecule has 0 bridgehead atoms. The van der Waals surface area contributed by atoms with Crippen LogP contribution in [0.25, 0.3) is 0 Å². The van der Waals surface area contributed by atoms with Gasteiger partial charge in [0.05, 0.1) is 26.4 Å². The molecule has 0 fully saturated rings. The largest absolute Gasteiger partial charge is 0.472 e. The third-order valence-corrected chi connectivity index (χ3v) is 22.1. The van der Waals surface area contributed by atoms with Gasteiger partial charge in [-0.2, -0.15) is 0 Å². The molecule has 0 saturated carbocycles. The molecule has 0 aliphatic carbocycles. The number of ether oxygens (including phenoxy) is 4. The summed E-state index contributed by atoms with van der Waals surface area (Å²) in [7, 11) is -9.93. The molecule has 0 spiro atoms. The highest BCUT2D eigenvalue weighted by molar-refractivity contribution is 7.47. The van der Waals surface area contributed by atoms with E-state index in [4.69, 9.17) is 37.0 Å². The molecular weight excluding hydrogens is 1350 g/mol. The van der Waals surface area contributed by atoms with Gasteiger partial charge in [0.25, 0.3) is 0 Å². The molecule has 0 heterocycles. The fourth-order valence-corrected chi connectivity index (χ4v) is 14.7. The van der Waals surface area contributed by atoms with Crippen LogP contribution in [0.5, 0.6) is 0 Å². The maximum Gasteiger partial charge on any atom is 0.472 e. The predicted octanol–water partition coefficient (Wildman–Crippen LogP) is 25.6. The highest BCUT2D eigenvalue weighted by Gasteiger charge is 2.30. The lowest BCUT2D eigenvalue weighted by Crippen LogP contribution is -2.30. The van der Waals surface area contributed by atoms with E-state index in [1.165, 1.54) is 238 Å². The molecule has 6 atom stereocenters. The molecular formula is C85H166O17P2. The van der Waals surface area contributed by atoms with Gasteiger partial charge in [0, 0.05) is 25.7 Å². The molecule has 0 amide bonds. The van der Waals surface area contributed by atoms with Gasteiger partial charge in [0.15, 0.2) is 12.2 Å². The number of carbonyl (C=O) groups excluding carboxylic acids is 4. The normalized spacial score (nSPS) is 14.2. The Labute approximate surface area is 638 Å². The van der Waals surface area contributed by atoms with Crippen molar-refractivity contribution in [2.45, 2.75) is 459 Å². The molecule has 3 unspecified atom stereocenters. The first-order valence-corrected chi connectivity index (χ1v) is 46.7. The summed E-state index contributed by atoms with van der Waals surface area (Å²) in [6.07, 6.45) is 62.7. The first-order chi connectivity index (χ1) is 50.1. The van der Waals surface area contributed by atoms with Crippen LogP contribution in [-0.4, -0.2) is 96.7 Å². The second kappa shape index (κ2) is 73.8. The van der Waals surface area contributed by atoms with Crippen LogP contribution in [0.15, 0.2) is 0 Å². The molecule has 104 heavy (non-hydrogen) atoms. The van der Waals surface area contributed by atoms with Gasteiger partial charge in [0.1, 0.15) is 19.3 Å². The summed E-state index contributed by atoms with van der Waals surface area (Å²) in [6.45, 7) is 14.3. The maximum atomic E-state index is 13.1. The van der Waals surface area contributed by atoms with Gasteiger partial charge in [-0.05, 0) is 49.4 Å². The standard InChI is InChI=1S/C85H166O17P2/c1-9-78(8)64-56-48-39-33-27-21-17-12-10-11-13-18-22-28-34-40-49-57-65-82(87)95-71-80(101-84(89)67-59-51-41-35-29-23-19-15-14-16-20-25-31-37-45-53-61-75(2)3)73-99-103(91,92)97-69-79(86)70-98-104(93,94)100-74-81(72-96-83(88)66-58-50-44-43-47-55-63-77(6)7)102-85(90)68-60-52-42-36-30-24-26-32-38-46-54-62-76(4)5/h75-81,86H,9-74H2,1-8H3,(H,91,92)(H,93,94)/t78?,79-,80-,81-/m1/s1. The van der Waals surface area contributed by atoms with Crippen LogP contribution in [0.4, 0.5) is 0 Å². The lowest BCUT2D eigenvalue weighted by molar-refractivity contribution is -0.161. The summed E-state index contributed by atoms with van der Waals surface area (Å²) in [4.78, 5) is 73.1. The van der Waals surface area contributed by atoms with E-state index in [1.807, 2.05) is 0 Å². The maximum absolute atomic E-state index is 13.1. The number of carbonyl (C=O) groups is 4. The van der Waals surface area contributed by atoms with Gasteiger partial charge >= 0.3 is 39.5 Å². The fourth-order valence-electron chi connectivity index (χ4n) is 13.1. The Balaban J connectivity index is 5.20. The lowest BCUT2D eigenvalue weighted by Gasteiger charge is -2.21. The van der Waals surface area contributed by atoms with Crippen LogP contribution in [0, 0.1) is 23.7 Å². The number of rotatable bonds is 82. The molecule has 0 aliphatic rings. The predicted molar refractivity (Wildman–Crippen MR) is 428 cm³/mol. The Morgan fingerprint density at radius 3 is 0.683 bits per heavy atom. The third kappa shape index (κ3) is 76.8. The molecule has 0 rings (SSSR count). The van der Waals surface area contributed by atoms with Gasteiger partial charge in [-0.3, -0.25) is 37.3 Å². The van der Waals surface area contributed by atoms with Crippen molar-refractivity contribution in [3.05, 3.63) is 0 Å². The first kappa shape index (κ1) is 102. The zero-order valence-electron chi connectivity index (χ0n) is 68.7. The zero-order chi connectivity index (χ0) is 76.7. The smallest absolute Gasteiger partial charge is 0.462 e. The van der Waals surface area contributed by atoms with E-state index in [0.29, 0.717) is 31.6 Å². The molecule has 0 aliphatic heterocycles. The number of unbranched alkanes of at least 4 members (excludes halogenated alkanes) is 47. The molecule has 0 aromatic heterocycles. The van der Waals surface area contributed by atoms with Crippen LogP contribution >= 0.6 is 15.6 Å². The number of aliphatic hydroxyl groups excluding tert-OH is 1. The fraction of sp³-hybridized carbons (Fsp3) is 0.953. The minimum atomic E-state index is -4.97. The Morgan fingerprint density at radius 2 is 0.462 bits per heavy atom. The summed E-state index contributed by atoms with van der Waals surface area (Å²) in [5.41, 5.74) is 0. The highest BCUT2D eigenvalue weighted by Crippen LogP contribution is 2.45. The van der Waals surface area contributed by atoms with Crippen molar-refractivity contribution in [2.75, 3.05) is 39.6 Å². The molecule has 0 saturated heterocycles. The lowest BCUT2D eigenvalue weighted by atomic mass is 9.99. The number of hydrogen-bond acceptors (Lipinski definition) is 15. The average molecular weight is 1520 g/mol. The minimum absolute atomic E-state index is 0.105. The number of aliphatic hydroxyl groups is 1. The molecule has 19 heteroatoms. The minimum Gasteiger partial charge on any atom is -0.462 e. The number of phosphoric ester groups is 2. The Hall–Kier alpha value is -1.94. The van der Waals surface area contributed by atoms with Gasteiger partial charge in [-0.1, -0.05) is 389 Å². The second-order valence-electron chi connectivity index (χ2n) is 32.2. The van der Waals surface area contributed by atoms with E-state index >= 15 is 0 Å². The third-order valence-electron chi connectivity index (χ3n) is 20.2.